The van der Waals surface area contributed by atoms with E-state index in [1.807, 2.05) is 0 Å². The van der Waals surface area contributed by atoms with Crippen LogP contribution in [0, 0.1) is 24.1 Å². The van der Waals surface area contributed by atoms with Crippen LogP contribution in [-0.2, 0) is 0 Å². The number of nitrogens with zero attached hydrogens (tertiary/aromatic N) is 4. The summed E-state index contributed by atoms with van der Waals surface area (Å²) in [5.74, 6) is -2.07. The predicted octanol–water partition coefficient (Wildman–Crippen LogP) is 3.47. The molecule has 0 bridgehead atoms. The number of anilines is 1. The number of pyridine rings is 1. The molecular formula is C18H15FN4O3. The summed E-state index contributed by atoms with van der Waals surface area (Å²) in [4.78, 5) is 14.8. The maximum atomic E-state index is 13.9. The van der Waals surface area contributed by atoms with Gasteiger partial charge in [0, 0.05) is 18.5 Å². The van der Waals surface area contributed by atoms with Gasteiger partial charge in [0.25, 0.3) is 0 Å². The van der Waals surface area contributed by atoms with E-state index in [0.29, 0.717) is 11.1 Å². The number of allylic oxidation sites excluding steroid dienone is 1. The molecule has 0 radical (unpaired) electrons. The monoisotopic (exact) mass is 354 g/mol. The van der Waals surface area contributed by atoms with Gasteiger partial charge in [-0.3, -0.25) is 0 Å². The van der Waals surface area contributed by atoms with Crippen molar-refractivity contribution in [2.75, 3.05) is 5.01 Å². The van der Waals surface area contributed by atoms with Crippen molar-refractivity contribution in [3.63, 3.8) is 0 Å². The van der Waals surface area contributed by atoms with E-state index in [0.717, 1.165) is 17.3 Å². The number of hydrogen-bond donors (Lipinski definition) is 2. The summed E-state index contributed by atoms with van der Waals surface area (Å²) >= 11 is 0. The number of aromatic carboxylic acids is 1. The number of aliphatic hydroxyl groups is 1. The van der Waals surface area contributed by atoms with Gasteiger partial charge < -0.3 is 10.2 Å². The molecule has 0 fully saturated rings. The number of benzene rings is 1. The van der Waals surface area contributed by atoms with Crippen LogP contribution in [0.2, 0.25) is 0 Å². The number of aryl methyl sites for hydroxylation is 1. The largest absolute Gasteiger partial charge is 0.493 e. The first-order valence-electron chi connectivity index (χ1n) is 7.36. The molecule has 0 saturated carbocycles. The Morgan fingerprint density at radius 2 is 2.08 bits per heavy atom. The summed E-state index contributed by atoms with van der Waals surface area (Å²) in [7, 11) is 0. The standard InChI is InChI=1S/C18H15FN4O3/c1-10-6-13(8-20)15(19)7-14(10)11(2)17(24)23(21-3)16-5-4-12(9-22-16)18(25)26/h4-7,9,24H,3H2,1-2H3,(H,25,26)/b17-11-. The van der Waals surface area contributed by atoms with Gasteiger partial charge in [0.05, 0.1) is 11.1 Å². The van der Waals surface area contributed by atoms with Crippen LogP contribution in [0.5, 0.6) is 0 Å². The second-order valence-electron chi connectivity index (χ2n) is 5.37. The molecule has 2 rings (SSSR count). The van der Waals surface area contributed by atoms with Crippen LogP contribution in [-0.4, -0.2) is 27.9 Å². The number of carboxylic acids is 1. The van der Waals surface area contributed by atoms with Gasteiger partial charge in [0.2, 0.25) is 5.88 Å². The molecule has 0 aliphatic rings. The Hall–Kier alpha value is -3.73. The van der Waals surface area contributed by atoms with E-state index in [4.69, 9.17) is 10.4 Å². The topological polar surface area (TPSA) is 110 Å². The minimum atomic E-state index is -1.14. The van der Waals surface area contributed by atoms with E-state index in [2.05, 4.69) is 16.8 Å². The molecule has 2 aromatic rings. The van der Waals surface area contributed by atoms with Crippen molar-refractivity contribution < 1.29 is 19.4 Å². The summed E-state index contributed by atoms with van der Waals surface area (Å²) in [6, 6.07) is 6.95. The predicted molar refractivity (Wildman–Crippen MR) is 94.3 cm³/mol. The van der Waals surface area contributed by atoms with Crippen LogP contribution >= 0.6 is 0 Å². The Morgan fingerprint density at radius 3 is 2.58 bits per heavy atom. The minimum Gasteiger partial charge on any atom is -0.493 e. The second kappa shape index (κ2) is 7.44. The first-order chi connectivity index (χ1) is 12.3. The van der Waals surface area contributed by atoms with Crippen LogP contribution in [0.25, 0.3) is 5.57 Å². The smallest absolute Gasteiger partial charge is 0.337 e. The first kappa shape index (κ1) is 18.6. The SMILES string of the molecule is C=NN(/C(O)=C(\C)c1cc(F)c(C#N)cc1C)c1ccc(C(=O)O)cn1. The summed E-state index contributed by atoms with van der Waals surface area (Å²) in [5, 5.41) is 33.0. The molecule has 1 aromatic carbocycles. The van der Waals surface area contributed by atoms with Crippen LogP contribution in [0.3, 0.4) is 0 Å². The van der Waals surface area contributed by atoms with Gasteiger partial charge in [-0.25, -0.2) is 14.2 Å². The summed E-state index contributed by atoms with van der Waals surface area (Å²) in [5.41, 5.74) is 1.13. The van der Waals surface area contributed by atoms with Crippen LogP contribution in [0.15, 0.2) is 41.4 Å². The normalized spacial score (nSPS) is 11.3. The number of nitriles is 1. The Morgan fingerprint density at radius 1 is 1.38 bits per heavy atom. The molecule has 0 aliphatic heterocycles. The number of hydrazone groups is 1. The highest BCUT2D eigenvalue weighted by Crippen LogP contribution is 2.27. The van der Waals surface area contributed by atoms with Gasteiger partial charge >= 0.3 is 5.97 Å². The number of aliphatic hydroxyl groups excluding tert-OH is 1. The number of carbonyl (C=O) groups is 1. The van der Waals surface area contributed by atoms with Crippen molar-refractivity contribution >= 4 is 24.1 Å². The molecule has 0 aliphatic carbocycles. The van der Waals surface area contributed by atoms with E-state index < -0.39 is 11.8 Å². The number of carboxylic acid groups (broad SMARTS) is 1. The van der Waals surface area contributed by atoms with Crippen molar-refractivity contribution in [2.45, 2.75) is 13.8 Å². The molecule has 0 unspecified atom stereocenters. The lowest BCUT2D eigenvalue weighted by atomic mass is 9.99. The molecule has 8 heteroatoms. The van der Waals surface area contributed by atoms with Gasteiger partial charge in [-0.05, 0) is 49.2 Å². The molecule has 0 saturated heterocycles. The third kappa shape index (κ3) is 3.52. The van der Waals surface area contributed by atoms with Crippen LogP contribution in [0.4, 0.5) is 10.2 Å². The van der Waals surface area contributed by atoms with Gasteiger partial charge in [-0.1, -0.05) is 0 Å². The fraction of sp³-hybridized carbons (Fsp3) is 0.111. The van der Waals surface area contributed by atoms with E-state index in [9.17, 15) is 14.3 Å². The molecule has 1 heterocycles. The lowest BCUT2D eigenvalue weighted by Crippen LogP contribution is -2.18. The highest BCUT2D eigenvalue weighted by molar-refractivity contribution is 5.87. The molecule has 26 heavy (non-hydrogen) atoms. The van der Waals surface area contributed by atoms with E-state index in [1.54, 1.807) is 19.9 Å². The van der Waals surface area contributed by atoms with Crippen LogP contribution in [0.1, 0.15) is 34.0 Å². The number of halogens is 1. The molecule has 0 amide bonds. The molecular weight excluding hydrogens is 339 g/mol. The highest BCUT2D eigenvalue weighted by Gasteiger charge is 2.18. The average molecular weight is 354 g/mol. The fourth-order valence-electron chi connectivity index (χ4n) is 2.34. The van der Waals surface area contributed by atoms with E-state index >= 15 is 0 Å². The molecule has 2 N–H and O–H groups in total. The number of aromatic nitrogens is 1. The lowest BCUT2D eigenvalue weighted by Gasteiger charge is -2.19. The third-order valence-electron chi connectivity index (χ3n) is 3.73. The summed E-state index contributed by atoms with van der Waals surface area (Å²) in [6.45, 7) is 6.59. The summed E-state index contributed by atoms with van der Waals surface area (Å²) < 4.78 is 13.9. The molecule has 0 spiro atoms. The number of hydrogen-bond acceptors (Lipinski definition) is 6. The van der Waals surface area contributed by atoms with Gasteiger partial charge in [-0.15, -0.1) is 0 Å². The van der Waals surface area contributed by atoms with Gasteiger partial charge in [0.1, 0.15) is 11.9 Å². The minimum absolute atomic E-state index is 0.0250. The van der Waals surface area contributed by atoms with Crippen molar-refractivity contribution in [1.29, 1.82) is 5.26 Å². The first-order valence-corrected chi connectivity index (χ1v) is 7.36. The second-order valence-corrected chi connectivity index (χ2v) is 5.37. The lowest BCUT2D eigenvalue weighted by molar-refractivity contribution is 0.0696. The quantitative estimate of drug-likeness (QED) is 0.483. The molecule has 1 aromatic heterocycles. The Balaban J connectivity index is 2.50. The average Bonchev–Trinajstić information content (AvgIpc) is 2.63. The zero-order chi connectivity index (χ0) is 19.4. The van der Waals surface area contributed by atoms with Crippen molar-refractivity contribution in [3.05, 3.63) is 64.4 Å². The molecule has 0 atom stereocenters. The van der Waals surface area contributed by atoms with Gasteiger partial charge in [0.15, 0.2) is 5.82 Å². The van der Waals surface area contributed by atoms with E-state index in [1.165, 1.54) is 18.2 Å². The Bertz CT molecular complexity index is 946. The summed E-state index contributed by atoms with van der Waals surface area (Å²) in [6.07, 6.45) is 1.12. The van der Waals surface area contributed by atoms with Crippen molar-refractivity contribution in [1.82, 2.24) is 4.98 Å². The van der Waals surface area contributed by atoms with E-state index in [-0.39, 0.29) is 28.4 Å². The maximum absolute atomic E-state index is 13.9. The molecule has 132 valence electrons. The van der Waals surface area contributed by atoms with Crippen LogP contribution < -0.4 is 5.01 Å². The zero-order valence-corrected chi connectivity index (χ0v) is 14.1. The Labute approximate surface area is 149 Å². The fourth-order valence-corrected chi connectivity index (χ4v) is 2.34. The Kier molecular flexibility index (Phi) is 5.33. The van der Waals surface area contributed by atoms with Crippen molar-refractivity contribution in [2.24, 2.45) is 5.10 Å². The van der Waals surface area contributed by atoms with Crippen molar-refractivity contribution in [3.8, 4) is 6.07 Å². The third-order valence-corrected chi connectivity index (χ3v) is 3.73. The highest BCUT2D eigenvalue weighted by atomic mass is 19.1. The van der Waals surface area contributed by atoms with Gasteiger partial charge in [-0.2, -0.15) is 15.4 Å². The maximum Gasteiger partial charge on any atom is 0.337 e. The molecule has 7 nitrogen and oxygen atoms in total. The number of rotatable bonds is 5. The zero-order valence-electron chi connectivity index (χ0n) is 14.1.